The molecule has 2 amide bonds. The molecule has 0 saturated carbocycles. The summed E-state index contributed by atoms with van der Waals surface area (Å²) in [5.74, 6) is -1.15. The molecule has 0 aliphatic heterocycles. The topological polar surface area (TPSA) is 58.2 Å². The van der Waals surface area contributed by atoms with Crippen LogP contribution in [0.2, 0.25) is 0 Å². The summed E-state index contributed by atoms with van der Waals surface area (Å²) in [6.45, 7) is 5.84. The zero-order chi connectivity index (χ0) is 21.7. The fourth-order valence-electron chi connectivity index (χ4n) is 2.84. The number of anilines is 2. The number of aryl methyl sites for hydroxylation is 1. The van der Waals surface area contributed by atoms with Crippen molar-refractivity contribution < 1.29 is 14.0 Å². The summed E-state index contributed by atoms with van der Waals surface area (Å²) in [4.78, 5) is 25.7. The van der Waals surface area contributed by atoms with Crippen LogP contribution in [0.4, 0.5) is 15.8 Å². The van der Waals surface area contributed by atoms with Gasteiger partial charge in [0.15, 0.2) is 0 Å². The fraction of sp³-hybridized carbons (Fsp3) is 0.167. The lowest BCUT2D eigenvalue weighted by Crippen LogP contribution is -2.22. The van der Waals surface area contributed by atoms with Crippen molar-refractivity contribution in [3.8, 4) is 0 Å². The van der Waals surface area contributed by atoms with E-state index in [1.165, 1.54) is 30.0 Å². The Labute approximate surface area is 179 Å². The smallest absolute Gasteiger partial charge is 0.258 e. The molecule has 2 N–H and O–H groups in total. The zero-order valence-corrected chi connectivity index (χ0v) is 17.8. The molecule has 4 nitrogen and oxygen atoms in total. The van der Waals surface area contributed by atoms with Crippen LogP contribution in [-0.4, -0.2) is 17.1 Å². The molecular weight excluding hydrogens is 399 g/mol. The van der Waals surface area contributed by atoms with Crippen LogP contribution in [0.15, 0.2) is 71.6 Å². The van der Waals surface area contributed by atoms with Crippen LogP contribution in [0.3, 0.4) is 0 Å². The zero-order valence-electron chi connectivity index (χ0n) is 17.0. The van der Waals surface area contributed by atoms with Gasteiger partial charge >= 0.3 is 0 Å². The lowest BCUT2D eigenvalue weighted by atomic mass is 10.1. The van der Waals surface area contributed by atoms with E-state index >= 15 is 0 Å². The third kappa shape index (κ3) is 5.27. The summed E-state index contributed by atoms with van der Waals surface area (Å²) in [7, 11) is 0. The molecule has 0 spiro atoms. The number of halogens is 1. The highest BCUT2D eigenvalue weighted by Gasteiger charge is 2.16. The van der Waals surface area contributed by atoms with Crippen LogP contribution < -0.4 is 10.6 Å². The molecule has 6 heteroatoms. The second-order valence-electron chi connectivity index (χ2n) is 6.96. The minimum absolute atomic E-state index is 0.00677. The number of carbonyl (C=O) groups is 2. The summed E-state index contributed by atoms with van der Waals surface area (Å²) in [5.41, 5.74) is 3.55. The number of thioether (sulfide) groups is 1. The van der Waals surface area contributed by atoms with E-state index < -0.39 is 11.7 Å². The number of amides is 2. The maximum atomic E-state index is 13.7. The van der Waals surface area contributed by atoms with Gasteiger partial charge in [-0.1, -0.05) is 24.3 Å². The Hall–Kier alpha value is -3.12. The van der Waals surface area contributed by atoms with Crippen LogP contribution in [-0.2, 0) is 4.79 Å². The molecule has 154 valence electrons. The monoisotopic (exact) mass is 422 g/mol. The van der Waals surface area contributed by atoms with E-state index in [0.717, 1.165) is 21.7 Å². The summed E-state index contributed by atoms with van der Waals surface area (Å²) in [5, 5.41) is 5.36. The second kappa shape index (κ2) is 9.59. The summed E-state index contributed by atoms with van der Waals surface area (Å²) in [6.07, 6.45) is 0. The normalized spacial score (nSPS) is 11.6. The minimum atomic E-state index is -0.564. The first-order chi connectivity index (χ1) is 14.3. The number of benzene rings is 3. The lowest BCUT2D eigenvalue weighted by molar-refractivity contribution is -0.115. The van der Waals surface area contributed by atoms with Crippen molar-refractivity contribution in [2.45, 2.75) is 30.9 Å². The average Bonchev–Trinajstić information content (AvgIpc) is 2.73. The molecular formula is C24H23FN2O2S. The SMILES string of the molecule is Cc1cccc(NC(=O)C(C)Sc2ccc(NC(=O)c3ccccc3F)cc2)c1C. The molecule has 3 rings (SSSR count). The summed E-state index contributed by atoms with van der Waals surface area (Å²) >= 11 is 1.42. The highest BCUT2D eigenvalue weighted by molar-refractivity contribution is 8.00. The van der Waals surface area contributed by atoms with E-state index in [-0.39, 0.29) is 16.7 Å². The maximum Gasteiger partial charge on any atom is 0.258 e. The minimum Gasteiger partial charge on any atom is -0.325 e. The molecule has 3 aromatic rings. The Balaban J connectivity index is 1.59. The first kappa shape index (κ1) is 21.6. The molecule has 1 unspecified atom stereocenters. The van der Waals surface area contributed by atoms with E-state index in [1.807, 2.05) is 51.1 Å². The van der Waals surface area contributed by atoms with Gasteiger partial charge in [-0.3, -0.25) is 9.59 Å². The fourth-order valence-corrected chi connectivity index (χ4v) is 3.71. The predicted molar refractivity (Wildman–Crippen MR) is 121 cm³/mol. The molecule has 0 saturated heterocycles. The maximum absolute atomic E-state index is 13.7. The van der Waals surface area contributed by atoms with E-state index in [1.54, 1.807) is 18.2 Å². The highest BCUT2D eigenvalue weighted by Crippen LogP contribution is 2.27. The van der Waals surface area contributed by atoms with Gasteiger partial charge in [-0.2, -0.15) is 0 Å². The van der Waals surface area contributed by atoms with E-state index in [9.17, 15) is 14.0 Å². The number of rotatable bonds is 6. The third-order valence-electron chi connectivity index (χ3n) is 4.78. The molecule has 0 bridgehead atoms. The van der Waals surface area contributed by atoms with Gasteiger partial charge in [-0.15, -0.1) is 11.8 Å². The van der Waals surface area contributed by atoms with Gasteiger partial charge in [0.05, 0.1) is 10.8 Å². The Morgan fingerprint density at radius 3 is 2.30 bits per heavy atom. The van der Waals surface area contributed by atoms with Crippen molar-refractivity contribution in [2.75, 3.05) is 10.6 Å². The first-order valence-electron chi connectivity index (χ1n) is 9.55. The van der Waals surface area contributed by atoms with Gasteiger partial charge in [0.1, 0.15) is 5.82 Å². The highest BCUT2D eigenvalue weighted by atomic mass is 32.2. The summed E-state index contributed by atoms with van der Waals surface area (Å²) in [6, 6.07) is 18.8. The second-order valence-corrected chi connectivity index (χ2v) is 8.37. The standard InChI is InChI=1S/C24H23FN2O2S/c1-15-7-6-10-22(16(15)2)27-23(28)17(3)30-19-13-11-18(12-14-19)26-24(29)20-8-4-5-9-21(20)25/h4-14,17H,1-3H3,(H,26,29)(H,27,28). The molecule has 0 aliphatic rings. The molecule has 30 heavy (non-hydrogen) atoms. The molecule has 0 fully saturated rings. The van der Waals surface area contributed by atoms with E-state index in [0.29, 0.717) is 5.69 Å². The molecule has 3 aromatic carbocycles. The molecule has 0 aromatic heterocycles. The van der Waals surface area contributed by atoms with Gasteiger partial charge < -0.3 is 10.6 Å². The van der Waals surface area contributed by atoms with Crippen LogP contribution in [0.5, 0.6) is 0 Å². The van der Waals surface area contributed by atoms with Crippen molar-refractivity contribution in [3.63, 3.8) is 0 Å². The largest absolute Gasteiger partial charge is 0.325 e. The van der Waals surface area contributed by atoms with E-state index in [4.69, 9.17) is 0 Å². The molecule has 0 radical (unpaired) electrons. The van der Waals surface area contributed by atoms with Crippen LogP contribution in [0.1, 0.15) is 28.4 Å². The van der Waals surface area contributed by atoms with Crippen LogP contribution in [0.25, 0.3) is 0 Å². The average molecular weight is 423 g/mol. The first-order valence-corrected chi connectivity index (χ1v) is 10.4. The van der Waals surface area contributed by atoms with Gasteiger partial charge in [0.2, 0.25) is 5.91 Å². The number of hydrogen-bond acceptors (Lipinski definition) is 3. The number of hydrogen-bond donors (Lipinski definition) is 2. The lowest BCUT2D eigenvalue weighted by Gasteiger charge is -2.15. The van der Waals surface area contributed by atoms with Crippen LogP contribution >= 0.6 is 11.8 Å². The van der Waals surface area contributed by atoms with E-state index in [2.05, 4.69) is 10.6 Å². The Morgan fingerprint density at radius 1 is 0.900 bits per heavy atom. The van der Waals surface area contributed by atoms with Crippen molar-refractivity contribution in [1.29, 1.82) is 0 Å². The molecule has 0 aliphatic carbocycles. The van der Waals surface area contributed by atoms with Crippen LogP contribution in [0, 0.1) is 19.7 Å². The quantitative estimate of drug-likeness (QED) is 0.493. The number of nitrogens with one attached hydrogen (secondary N) is 2. The van der Waals surface area contributed by atoms with Gasteiger partial charge in [-0.25, -0.2) is 4.39 Å². The van der Waals surface area contributed by atoms with Gasteiger partial charge in [0, 0.05) is 16.3 Å². The third-order valence-corrected chi connectivity index (χ3v) is 5.89. The Kier molecular flexibility index (Phi) is 6.90. The number of carbonyl (C=O) groups excluding carboxylic acids is 2. The Morgan fingerprint density at radius 2 is 1.60 bits per heavy atom. The van der Waals surface area contributed by atoms with Crippen molar-refractivity contribution in [3.05, 3.63) is 89.2 Å². The van der Waals surface area contributed by atoms with Gasteiger partial charge in [-0.05, 0) is 74.4 Å². The summed E-state index contributed by atoms with van der Waals surface area (Å²) < 4.78 is 13.7. The van der Waals surface area contributed by atoms with Crippen molar-refractivity contribution >= 4 is 35.0 Å². The molecule has 0 heterocycles. The van der Waals surface area contributed by atoms with Gasteiger partial charge in [0.25, 0.3) is 5.91 Å². The van der Waals surface area contributed by atoms with Crippen molar-refractivity contribution in [1.82, 2.24) is 0 Å². The molecule has 1 atom stereocenters. The van der Waals surface area contributed by atoms with Crippen molar-refractivity contribution in [2.24, 2.45) is 0 Å². The predicted octanol–water partition coefficient (Wildman–Crippen LogP) is 5.81. The Bertz CT molecular complexity index is 1070.